The first-order chi connectivity index (χ1) is 15.8. The fourth-order valence-electron chi connectivity index (χ4n) is 3.03. The summed E-state index contributed by atoms with van der Waals surface area (Å²) in [5, 5.41) is 15.7. The van der Waals surface area contributed by atoms with Gasteiger partial charge >= 0.3 is 0 Å². The van der Waals surface area contributed by atoms with Gasteiger partial charge in [-0.25, -0.2) is 22.5 Å². The molecule has 1 atom stereocenters. The molecule has 0 spiro atoms. The minimum absolute atomic E-state index is 0.0176. The molecule has 0 fully saturated rings. The topological polar surface area (TPSA) is 116 Å². The number of nitrogens with zero attached hydrogens (tertiary/aromatic N) is 2. The Morgan fingerprint density at radius 1 is 1.18 bits per heavy atom. The molecule has 0 amide bonds. The monoisotopic (exact) mass is 537 g/mol. The molecular weight excluding hydrogens is 513 g/mol. The average Bonchev–Trinajstić information content (AvgIpc) is 2.80. The summed E-state index contributed by atoms with van der Waals surface area (Å²) in [6, 6.07) is 11.7. The van der Waals surface area contributed by atoms with Crippen LogP contribution in [0.25, 0.3) is 0 Å². The SMILES string of the molecule is CCC[C@H](CO)Nc1nc(Nc2ccc(S(=O)(=O)NCc3cccc(F)c3)cc2)ncc1Br. The summed E-state index contributed by atoms with van der Waals surface area (Å²) in [6.45, 7) is 2.00. The number of anilines is 3. The molecule has 0 saturated carbocycles. The maximum Gasteiger partial charge on any atom is 0.240 e. The van der Waals surface area contributed by atoms with Crippen molar-refractivity contribution >= 4 is 43.4 Å². The number of rotatable bonds is 11. The van der Waals surface area contributed by atoms with Crippen molar-refractivity contribution in [3.05, 3.63) is 70.6 Å². The van der Waals surface area contributed by atoms with Gasteiger partial charge in [0.05, 0.1) is 22.0 Å². The molecule has 2 aromatic carbocycles. The number of aliphatic hydroxyl groups is 1. The molecule has 1 aromatic heterocycles. The van der Waals surface area contributed by atoms with E-state index in [2.05, 4.69) is 41.3 Å². The molecule has 3 rings (SSSR count). The summed E-state index contributed by atoms with van der Waals surface area (Å²) in [5.74, 6) is 0.433. The lowest BCUT2D eigenvalue weighted by Gasteiger charge is -2.17. The Hall–Kier alpha value is -2.60. The molecule has 1 heterocycles. The van der Waals surface area contributed by atoms with Crippen molar-refractivity contribution < 1.29 is 17.9 Å². The van der Waals surface area contributed by atoms with E-state index in [1.807, 2.05) is 6.92 Å². The fraction of sp³-hybridized carbons (Fsp3) is 0.273. The largest absolute Gasteiger partial charge is 0.394 e. The average molecular weight is 538 g/mol. The Bertz CT molecular complexity index is 1180. The highest BCUT2D eigenvalue weighted by molar-refractivity contribution is 9.10. The van der Waals surface area contributed by atoms with Gasteiger partial charge in [-0.3, -0.25) is 0 Å². The van der Waals surface area contributed by atoms with Crippen LogP contribution in [0, 0.1) is 5.82 Å². The Balaban J connectivity index is 1.67. The van der Waals surface area contributed by atoms with Crippen molar-refractivity contribution in [2.75, 3.05) is 17.2 Å². The third-order valence-corrected chi connectivity index (χ3v) is 6.72. The number of benzene rings is 2. The molecule has 0 unspecified atom stereocenters. The highest BCUT2D eigenvalue weighted by atomic mass is 79.9. The summed E-state index contributed by atoms with van der Waals surface area (Å²) >= 11 is 3.40. The third kappa shape index (κ3) is 7.19. The lowest BCUT2D eigenvalue weighted by Crippen LogP contribution is -2.24. The van der Waals surface area contributed by atoms with Gasteiger partial charge in [-0.15, -0.1) is 0 Å². The molecule has 0 aliphatic rings. The molecule has 0 aliphatic carbocycles. The summed E-state index contributed by atoms with van der Waals surface area (Å²) in [7, 11) is -3.77. The highest BCUT2D eigenvalue weighted by Crippen LogP contribution is 2.24. The van der Waals surface area contributed by atoms with E-state index in [4.69, 9.17) is 0 Å². The maximum absolute atomic E-state index is 13.3. The van der Waals surface area contributed by atoms with Crippen LogP contribution in [0.3, 0.4) is 0 Å². The van der Waals surface area contributed by atoms with E-state index in [0.29, 0.717) is 27.5 Å². The minimum Gasteiger partial charge on any atom is -0.394 e. The van der Waals surface area contributed by atoms with E-state index in [1.54, 1.807) is 24.4 Å². The predicted octanol–water partition coefficient (Wildman–Crippen LogP) is 4.17. The van der Waals surface area contributed by atoms with Crippen LogP contribution in [0.2, 0.25) is 0 Å². The number of sulfonamides is 1. The number of hydrogen-bond donors (Lipinski definition) is 4. The number of aromatic nitrogens is 2. The van der Waals surface area contributed by atoms with Crippen LogP contribution in [-0.2, 0) is 16.6 Å². The Morgan fingerprint density at radius 2 is 1.94 bits per heavy atom. The van der Waals surface area contributed by atoms with Gasteiger partial charge < -0.3 is 15.7 Å². The zero-order valence-corrected chi connectivity index (χ0v) is 20.3. The standard InChI is InChI=1S/C22H25BrFN5O3S/c1-2-4-18(14-30)27-21-20(23)13-25-22(29-21)28-17-7-9-19(10-8-17)33(31,32)26-12-15-5-3-6-16(24)11-15/h3,5-11,13,18,26,30H,2,4,12,14H2,1H3,(H2,25,27,28,29)/t18-/m1/s1. The second kappa shape index (κ2) is 11.5. The van der Waals surface area contributed by atoms with Crippen LogP contribution in [0.1, 0.15) is 25.3 Å². The normalized spacial score (nSPS) is 12.4. The zero-order valence-electron chi connectivity index (χ0n) is 17.9. The van der Waals surface area contributed by atoms with E-state index in [0.717, 1.165) is 12.8 Å². The third-order valence-electron chi connectivity index (χ3n) is 4.72. The number of hydrogen-bond acceptors (Lipinski definition) is 7. The van der Waals surface area contributed by atoms with Crippen molar-refractivity contribution in [2.45, 2.75) is 37.2 Å². The van der Waals surface area contributed by atoms with Gasteiger partial charge in [-0.1, -0.05) is 25.5 Å². The van der Waals surface area contributed by atoms with E-state index < -0.39 is 15.8 Å². The summed E-state index contributed by atoms with van der Waals surface area (Å²) in [6.07, 6.45) is 3.30. The van der Waals surface area contributed by atoms with Gasteiger partial charge in [0.2, 0.25) is 16.0 Å². The molecular formula is C22H25BrFN5O3S. The molecule has 176 valence electrons. The summed E-state index contributed by atoms with van der Waals surface area (Å²) < 4.78 is 41.5. The van der Waals surface area contributed by atoms with Gasteiger partial charge in [0.25, 0.3) is 0 Å². The fourth-order valence-corrected chi connectivity index (χ4v) is 4.36. The molecule has 0 bridgehead atoms. The summed E-state index contributed by atoms with van der Waals surface area (Å²) in [5.41, 5.74) is 1.12. The second-order valence-electron chi connectivity index (χ2n) is 7.31. The zero-order chi connectivity index (χ0) is 23.8. The van der Waals surface area contributed by atoms with Crippen LogP contribution in [0.5, 0.6) is 0 Å². The first kappa shape index (κ1) is 25.0. The molecule has 33 heavy (non-hydrogen) atoms. The van der Waals surface area contributed by atoms with Gasteiger partial charge in [-0.05, 0) is 64.3 Å². The van der Waals surface area contributed by atoms with E-state index in [-0.39, 0.29) is 24.1 Å². The van der Waals surface area contributed by atoms with Crippen LogP contribution >= 0.6 is 15.9 Å². The molecule has 3 aromatic rings. The van der Waals surface area contributed by atoms with Crippen LogP contribution in [0.15, 0.2) is 64.1 Å². The molecule has 4 N–H and O–H groups in total. The minimum atomic E-state index is -3.77. The van der Waals surface area contributed by atoms with Crippen LogP contribution in [-0.4, -0.2) is 36.1 Å². The Morgan fingerprint density at radius 3 is 2.61 bits per heavy atom. The number of nitrogens with one attached hydrogen (secondary N) is 3. The van der Waals surface area contributed by atoms with E-state index >= 15 is 0 Å². The van der Waals surface area contributed by atoms with Crippen LogP contribution in [0.4, 0.5) is 21.8 Å². The van der Waals surface area contributed by atoms with Crippen molar-refractivity contribution in [3.8, 4) is 0 Å². The molecule has 11 heteroatoms. The lowest BCUT2D eigenvalue weighted by molar-refractivity contribution is 0.268. The maximum atomic E-state index is 13.3. The molecule has 8 nitrogen and oxygen atoms in total. The van der Waals surface area contributed by atoms with Gasteiger partial charge in [-0.2, -0.15) is 4.98 Å². The first-order valence-electron chi connectivity index (χ1n) is 10.3. The lowest BCUT2D eigenvalue weighted by atomic mass is 10.2. The van der Waals surface area contributed by atoms with E-state index in [1.165, 1.54) is 30.3 Å². The van der Waals surface area contributed by atoms with Crippen molar-refractivity contribution in [2.24, 2.45) is 0 Å². The quantitative estimate of drug-likeness (QED) is 0.290. The Labute approximate surface area is 200 Å². The van der Waals surface area contributed by atoms with E-state index in [9.17, 15) is 17.9 Å². The van der Waals surface area contributed by atoms with Crippen molar-refractivity contribution in [1.82, 2.24) is 14.7 Å². The highest BCUT2D eigenvalue weighted by Gasteiger charge is 2.15. The molecule has 0 radical (unpaired) electrons. The Kier molecular flexibility index (Phi) is 8.73. The van der Waals surface area contributed by atoms with Crippen molar-refractivity contribution in [1.29, 1.82) is 0 Å². The molecule has 0 saturated heterocycles. The van der Waals surface area contributed by atoms with Gasteiger partial charge in [0.1, 0.15) is 11.6 Å². The second-order valence-corrected chi connectivity index (χ2v) is 9.93. The smallest absolute Gasteiger partial charge is 0.240 e. The summed E-state index contributed by atoms with van der Waals surface area (Å²) in [4.78, 5) is 8.73. The van der Waals surface area contributed by atoms with Gasteiger partial charge in [0.15, 0.2) is 0 Å². The predicted molar refractivity (Wildman–Crippen MR) is 129 cm³/mol. The first-order valence-corrected chi connectivity index (χ1v) is 12.6. The number of halogens is 2. The number of aliphatic hydroxyl groups excluding tert-OH is 1. The van der Waals surface area contributed by atoms with Crippen molar-refractivity contribution in [3.63, 3.8) is 0 Å². The van der Waals surface area contributed by atoms with Crippen LogP contribution < -0.4 is 15.4 Å². The van der Waals surface area contributed by atoms with Gasteiger partial charge in [0, 0.05) is 18.4 Å². The molecule has 0 aliphatic heterocycles.